The molecular formula is C14H26N2O2. The molecule has 1 amide bonds. The number of hydrogen-bond acceptors (Lipinski definition) is 3. The highest BCUT2D eigenvalue weighted by atomic mass is 16.5. The predicted octanol–water partition coefficient (Wildman–Crippen LogP) is 1.40. The van der Waals surface area contributed by atoms with Gasteiger partial charge in [-0.3, -0.25) is 4.79 Å². The number of nitrogens with one attached hydrogen (secondary N) is 1. The van der Waals surface area contributed by atoms with E-state index >= 15 is 0 Å². The minimum absolute atomic E-state index is 0.183. The van der Waals surface area contributed by atoms with Gasteiger partial charge in [-0.2, -0.15) is 0 Å². The second-order valence-corrected chi connectivity index (χ2v) is 5.49. The quantitative estimate of drug-likeness (QED) is 0.824. The van der Waals surface area contributed by atoms with Gasteiger partial charge in [0.25, 0.3) is 0 Å². The topological polar surface area (TPSA) is 41.6 Å². The summed E-state index contributed by atoms with van der Waals surface area (Å²) in [6.45, 7) is 6.39. The van der Waals surface area contributed by atoms with Gasteiger partial charge in [0.2, 0.25) is 5.91 Å². The molecular weight excluding hydrogens is 228 g/mol. The number of likely N-dealkylation sites (tertiary alicyclic amines) is 1. The van der Waals surface area contributed by atoms with Crippen LogP contribution in [0.15, 0.2) is 0 Å². The van der Waals surface area contributed by atoms with Crippen LogP contribution >= 0.6 is 0 Å². The summed E-state index contributed by atoms with van der Waals surface area (Å²) in [4.78, 5) is 14.0. The molecule has 0 bridgehead atoms. The Balaban J connectivity index is 1.65. The van der Waals surface area contributed by atoms with Crippen LogP contribution in [0.4, 0.5) is 0 Å². The summed E-state index contributed by atoms with van der Waals surface area (Å²) in [5.74, 6) is 1.00. The first-order valence-corrected chi connectivity index (χ1v) is 7.39. The molecule has 0 unspecified atom stereocenters. The molecule has 0 aromatic rings. The summed E-state index contributed by atoms with van der Waals surface area (Å²) in [6, 6.07) is 0. The van der Waals surface area contributed by atoms with Crippen molar-refractivity contribution in [3.05, 3.63) is 0 Å². The molecule has 4 heteroatoms. The highest BCUT2D eigenvalue weighted by Gasteiger charge is 2.23. The normalized spacial score (nSPS) is 23.3. The van der Waals surface area contributed by atoms with Crippen molar-refractivity contribution < 1.29 is 9.53 Å². The Bertz CT molecular complexity index is 257. The zero-order chi connectivity index (χ0) is 12.8. The second-order valence-electron chi connectivity index (χ2n) is 5.49. The van der Waals surface area contributed by atoms with E-state index in [1.165, 1.54) is 6.42 Å². The van der Waals surface area contributed by atoms with E-state index in [1.807, 2.05) is 4.90 Å². The lowest BCUT2D eigenvalue weighted by molar-refractivity contribution is -0.140. The lowest BCUT2D eigenvalue weighted by Crippen LogP contribution is -2.41. The summed E-state index contributed by atoms with van der Waals surface area (Å²) < 4.78 is 5.72. The van der Waals surface area contributed by atoms with Crippen LogP contribution in [0.5, 0.6) is 0 Å². The molecule has 2 fully saturated rings. The van der Waals surface area contributed by atoms with Gasteiger partial charge in [-0.1, -0.05) is 13.3 Å². The maximum Gasteiger partial charge on any atom is 0.248 e. The molecule has 0 aromatic heterocycles. The summed E-state index contributed by atoms with van der Waals surface area (Å²) in [7, 11) is 0. The summed E-state index contributed by atoms with van der Waals surface area (Å²) >= 11 is 0. The van der Waals surface area contributed by atoms with Crippen molar-refractivity contribution in [1.29, 1.82) is 0 Å². The Kier molecular flexibility index (Phi) is 5.45. The molecule has 104 valence electrons. The molecule has 2 aliphatic heterocycles. The van der Waals surface area contributed by atoms with Crippen molar-refractivity contribution in [2.45, 2.75) is 45.1 Å². The highest BCUT2D eigenvalue weighted by Crippen LogP contribution is 2.20. The predicted molar refractivity (Wildman–Crippen MR) is 71.4 cm³/mol. The molecule has 0 saturated carbocycles. The van der Waals surface area contributed by atoms with Crippen LogP contribution in [0.25, 0.3) is 0 Å². The van der Waals surface area contributed by atoms with Crippen LogP contribution in [0, 0.1) is 5.92 Å². The first-order chi connectivity index (χ1) is 8.79. The highest BCUT2D eigenvalue weighted by molar-refractivity contribution is 5.77. The average molecular weight is 254 g/mol. The molecule has 2 saturated heterocycles. The fourth-order valence-corrected chi connectivity index (χ4v) is 2.83. The third-order valence-corrected chi connectivity index (χ3v) is 4.27. The molecule has 1 N–H and O–H groups in total. The van der Waals surface area contributed by atoms with Crippen LogP contribution < -0.4 is 5.32 Å². The number of ether oxygens (including phenoxy) is 1. The third-order valence-electron chi connectivity index (χ3n) is 4.27. The molecule has 2 aliphatic rings. The van der Waals surface area contributed by atoms with Gasteiger partial charge in [-0.05, 0) is 44.7 Å². The molecule has 4 nitrogen and oxygen atoms in total. The van der Waals surface area contributed by atoms with Gasteiger partial charge in [0.1, 0.15) is 6.61 Å². The fourth-order valence-electron chi connectivity index (χ4n) is 2.83. The Labute approximate surface area is 110 Å². The van der Waals surface area contributed by atoms with E-state index in [2.05, 4.69) is 12.2 Å². The van der Waals surface area contributed by atoms with Crippen LogP contribution in [-0.2, 0) is 9.53 Å². The number of nitrogens with zero attached hydrogens (tertiary/aromatic N) is 1. The first-order valence-electron chi connectivity index (χ1n) is 7.39. The van der Waals surface area contributed by atoms with Crippen LogP contribution in [0.3, 0.4) is 0 Å². The zero-order valence-electron chi connectivity index (χ0n) is 11.5. The maximum absolute atomic E-state index is 12.0. The minimum Gasteiger partial charge on any atom is -0.368 e. The van der Waals surface area contributed by atoms with E-state index < -0.39 is 0 Å². The molecule has 0 spiro atoms. The number of rotatable bonds is 4. The standard InChI is InChI=1S/C14H26N2O2/c1-2-12-5-9-16(10-6-12)14(17)11-18-13-3-7-15-8-4-13/h12-13,15H,2-11H2,1H3. The van der Waals surface area contributed by atoms with E-state index in [0.717, 1.165) is 57.8 Å². The van der Waals surface area contributed by atoms with Crippen LogP contribution in [0.1, 0.15) is 39.0 Å². The monoisotopic (exact) mass is 254 g/mol. The van der Waals surface area contributed by atoms with Crippen molar-refractivity contribution >= 4 is 5.91 Å². The van der Waals surface area contributed by atoms with Crippen LogP contribution in [0.2, 0.25) is 0 Å². The van der Waals surface area contributed by atoms with Crippen LogP contribution in [-0.4, -0.2) is 49.7 Å². The van der Waals surface area contributed by atoms with Crippen molar-refractivity contribution in [3.63, 3.8) is 0 Å². The van der Waals surface area contributed by atoms with Gasteiger partial charge in [0, 0.05) is 13.1 Å². The Morgan fingerprint density at radius 1 is 1.22 bits per heavy atom. The fraction of sp³-hybridized carbons (Fsp3) is 0.929. The van der Waals surface area contributed by atoms with Crippen molar-refractivity contribution in [3.8, 4) is 0 Å². The minimum atomic E-state index is 0.183. The van der Waals surface area contributed by atoms with Crippen molar-refractivity contribution in [1.82, 2.24) is 10.2 Å². The lowest BCUT2D eigenvalue weighted by atomic mass is 9.94. The van der Waals surface area contributed by atoms with Crippen molar-refractivity contribution in [2.24, 2.45) is 5.92 Å². The summed E-state index contributed by atoms with van der Waals surface area (Å²) in [6.07, 6.45) is 5.91. The lowest BCUT2D eigenvalue weighted by Gasteiger charge is -2.32. The van der Waals surface area contributed by atoms with Gasteiger partial charge in [-0.25, -0.2) is 0 Å². The number of piperidine rings is 2. The van der Waals surface area contributed by atoms with Gasteiger partial charge >= 0.3 is 0 Å². The molecule has 2 rings (SSSR count). The molecule has 0 radical (unpaired) electrons. The van der Waals surface area contributed by atoms with E-state index in [4.69, 9.17) is 4.74 Å². The SMILES string of the molecule is CCC1CCN(C(=O)COC2CCNCC2)CC1. The van der Waals surface area contributed by atoms with Gasteiger partial charge in [-0.15, -0.1) is 0 Å². The zero-order valence-corrected chi connectivity index (χ0v) is 11.5. The van der Waals surface area contributed by atoms with E-state index in [0.29, 0.717) is 0 Å². The van der Waals surface area contributed by atoms with Gasteiger partial charge in [0.05, 0.1) is 6.10 Å². The number of hydrogen-bond donors (Lipinski definition) is 1. The Morgan fingerprint density at radius 2 is 1.89 bits per heavy atom. The summed E-state index contributed by atoms with van der Waals surface area (Å²) in [5, 5.41) is 3.30. The second kappa shape index (κ2) is 7.10. The molecule has 2 heterocycles. The molecule has 0 atom stereocenters. The van der Waals surface area contributed by atoms with E-state index in [1.54, 1.807) is 0 Å². The first kappa shape index (κ1) is 13.8. The third kappa shape index (κ3) is 3.95. The van der Waals surface area contributed by atoms with Crippen molar-refractivity contribution in [2.75, 3.05) is 32.8 Å². The molecule has 0 aromatic carbocycles. The Hall–Kier alpha value is -0.610. The Morgan fingerprint density at radius 3 is 2.50 bits per heavy atom. The van der Waals surface area contributed by atoms with E-state index in [9.17, 15) is 4.79 Å². The maximum atomic E-state index is 12.0. The molecule has 18 heavy (non-hydrogen) atoms. The average Bonchev–Trinajstić information content (AvgIpc) is 2.46. The number of carbonyl (C=O) groups excluding carboxylic acids is 1. The largest absolute Gasteiger partial charge is 0.368 e. The summed E-state index contributed by atoms with van der Waals surface area (Å²) in [5.41, 5.74) is 0. The smallest absolute Gasteiger partial charge is 0.248 e. The van der Waals surface area contributed by atoms with Gasteiger partial charge < -0.3 is 15.0 Å². The van der Waals surface area contributed by atoms with Gasteiger partial charge in [0.15, 0.2) is 0 Å². The molecule has 0 aliphatic carbocycles. The van der Waals surface area contributed by atoms with E-state index in [-0.39, 0.29) is 18.6 Å². The number of carbonyl (C=O) groups is 1. The number of amides is 1.